The van der Waals surface area contributed by atoms with Gasteiger partial charge in [-0.15, -0.1) is 0 Å². The zero-order valence-electron chi connectivity index (χ0n) is 10.8. The number of pyridine rings is 1. The molecule has 0 aliphatic heterocycles. The third-order valence-corrected chi connectivity index (χ3v) is 3.02. The van der Waals surface area contributed by atoms with Gasteiger partial charge in [0.15, 0.2) is 6.29 Å². The Morgan fingerprint density at radius 1 is 1.05 bits per heavy atom. The van der Waals surface area contributed by atoms with E-state index in [0.717, 1.165) is 23.2 Å². The summed E-state index contributed by atoms with van der Waals surface area (Å²) in [5.74, 6) is 0. The zero-order chi connectivity index (χ0) is 13.8. The van der Waals surface area contributed by atoms with Gasteiger partial charge in [0, 0.05) is 6.20 Å². The molecule has 0 amide bonds. The van der Waals surface area contributed by atoms with Crippen molar-refractivity contribution in [2.45, 2.75) is 6.54 Å². The highest BCUT2D eigenvalue weighted by molar-refractivity contribution is 5.74. The number of aromatic nitrogens is 3. The Labute approximate surface area is 116 Å². The van der Waals surface area contributed by atoms with Crippen molar-refractivity contribution in [3.05, 3.63) is 72.1 Å². The first-order valence-electron chi connectivity index (χ1n) is 6.35. The average Bonchev–Trinajstić information content (AvgIpc) is 2.92. The van der Waals surface area contributed by atoms with Gasteiger partial charge in [-0.1, -0.05) is 36.4 Å². The normalized spacial score (nSPS) is 10.4. The van der Waals surface area contributed by atoms with Crippen LogP contribution in [0.3, 0.4) is 0 Å². The molecule has 0 spiro atoms. The van der Waals surface area contributed by atoms with Gasteiger partial charge < -0.3 is 0 Å². The first kappa shape index (κ1) is 12.3. The van der Waals surface area contributed by atoms with Gasteiger partial charge in [0.05, 0.1) is 17.9 Å². The predicted molar refractivity (Wildman–Crippen MR) is 76.4 cm³/mol. The molecular weight excluding hydrogens is 250 g/mol. The highest BCUT2D eigenvalue weighted by Crippen LogP contribution is 2.18. The molecule has 20 heavy (non-hydrogen) atoms. The summed E-state index contributed by atoms with van der Waals surface area (Å²) in [5.41, 5.74) is 3.20. The number of aldehydes is 1. The number of hydrogen-bond donors (Lipinski definition) is 0. The molecule has 1 aromatic carbocycles. The monoisotopic (exact) mass is 263 g/mol. The molecule has 0 saturated heterocycles. The van der Waals surface area contributed by atoms with E-state index in [1.165, 1.54) is 0 Å². The van der Waals surface area contributed by atoms with Crippen molar-refractivity contribution in [2.75, 3.05) is 0 Å². The quantitative estimate of drug-likeness (QED) is 0.680. The number of carbonyl (C=O) groups excluding carboxylic acids is 1. The third kappa shape index (κ3) is 2.49. The van der Waals surface area contributed by atoms with Crippen molar-refractivity contribution in [1.82, 2.24) is 14.8 Å². The molecule has 0 aliphatic carbocycles. The second-order valence-corrected chi connectivity index (χ2v) is 4.43. The van der Waals surface area contributed by atoms with E-state index >= 15 is 0 Å². The van der Waals surface area contributed by atoms with Crippen molar-refractivity contribution < 1.29 is 4.79 Å². The molecule has 0 aliphatic rings. The number of carbonyl (C=O) groups is 1. The van der Waals surface area contributed by atoms with E-state index in [4.69, 9.17) is 0 Å². The fourth-order valence-electron chi connectivity index (χ4n) is 2.09. The van der Waals surface area contributed by atoms with Crippen LogP contribution in [0.1, 0.15) is 16.1 Å². The summed E-state index contributed by atoms with van der Waals surface area (Å²) in [6.45, 7) is 0.612. The SMILES string of the molecule is O=Cc1cc(-c2ccccn2)n(Cc2ccccc2)n1. The lowest BCUT2D eigenvalue weighted by Crippen LogP contribution is -2.04. The smallest absolute Gasteiger partial charge is 0.170 e. The maximum Gasteiger partial charge on any atom is 0.170 e. The van der Waals surface area contributed by atoms with Crippen LogP contribution in [0.15, 0.2) is 60.8 Å². The Balaban J connectivity index is 2.02. The van der Waals surface area contributed by atoms with Crippen molar-refractivity contribution in [2.24, 2.45) is 0 Å². The minimum atomic E-state index is 0.418. The molecule has 3 rings (SSSR count). The first-order valence-corrected chi connectivity index (χ1v) is 6.35. The van der Waals surface area contributed by atoms with Crippen LogP contribution in [0.4, 0.5) is 0 Å². The number of rotatable bonds is 4. The molecule has 0 saturated carbocycles. The van der Waals surface area contributed by atoms with E-state index in [2.05, 4.69) is 10.1 Å². The number of hydrogen-bond acceptors (Lipinski definition) is 3. The summed E-state index contributed by atoms with van der Waals surface area (Å²) in [6, 6.07) is 17.5. The van der Waals surface area contributed by atoms with Crippen LogP contribution >= 0.6 is 0 Å². The van der Waals surface area contributed by atoms with Crippen molar-refractivity contribution in [1.29, 1.82) is 0 Å². The number of nitrogens with zero attached hydrogens (tertiary/aromatic N) is 3. The molecule has 0 radical (unpaired) electrons. The molecule has 0 atom stereocenters. The lowest BCUT2D eigenvalue weighted by atomic mass is 10.2. The maximum atomic E-state index is 11.0. The second-order valence-electron chi connectivity index (χ2n) is 4.43. The molecule has 2 aromatic heterocycles. The molecule has 4 heteroatoms. The summed E-state index contributed by atoms with van der Waals surface area (Å²) in [6.07, 6.45) is 2.49. The largest absolute Gasteiger partial charge is 0.296 e. The van der Waals surface area contributed by atoms with Crippen LogP contribution in [-0.4, -0.2) is 21.1 Å². The molecule has 0 bridgehead atoms. The van der Waals surface area contributed by atoms with Crippen LogP contribution in [-0.2, 0) is 6.54 Å². The van der Waals surface area contributed by atoms with E-state index in [9.17, 15) is 4.79 Å². The molecule has 0 N–H and O–H groups in total. The Morgan fingerprint density at radius 2 is 1.85 bits per heavy atom. The summed E-state index contributed by atoms with van der Waals surface area (Å²) in [5, 5.41) is 4.31. The Morgan fingerprint density at radius 3 is 2.55 bits per heavy atom. The number of benzene rings is 1. The molecule has 3 aromatic rings. The van der Waals surface area contributed by atoms with Gasteiger partial charge >= 0.3 is 0 Å². The summed E-state index contributed by atoms with van der Waals surface area (Å²) in [7, 11) is 0. The van der Waals surface area contributed by atoms with Crippen LogP contribution in [0.25, 0.3) is 11.4 Å². The fourth-order valence-corrected chi connectivity index (χ4v) is 2.09. The molecule has 4 nitrogen and oxygen atoms in total. The highest BCUT2D eigenvalue weighted by Gasteiger charge is 2.10. The van der Waals surface area contributed by atoms with E-state index in [0.29, 0.717) is 12.2 Å². The van der Waals surface area contributed by atoms with Crippen molar-refractivity contribution >= 4 is 6.29 Å². The van der Waals surface area contributed by atoms with Crippen molar-refractivity contribution in [3.8, 4) is 11.4 Å². The van der Waals surface area contributed by atoms with Gasteiger partial charge in [0.1, 0.15) is 5.69 Å². The Kier molecular flexibility index (Phi) is 3.37. The highest BCUT2D eigenvalue weighted by atomic mass is 16.1. The van der Waals surface area contributed by atoms with E-state index in [1.807, 2.05) is 48.5 Å². The lowest BCUT2D eigenvalue weighted by Gasteiger charge is -2.06. The fraction of sp³-hybridized carbons (Fsp3) is 0.0625. The Bertz CT molecular complexity index is 705. The van der Waals surface area contributed by atoms with Gasteiger partial charge in [-0.05, 0) is 23.8 Å². The minimum absolute atomic E-state index is 0.418. The second kappa shape index (κ2) is 5.48. The average molecular weight is 263 g/mol. The van der Waals surface area contributed by atoms with E-state index in [-0.39, 0.29) is 0 Å². The topological polar surface area (TPSA) is 47.8 Å². The van der Waals surface area contributed by atoms with Crippen LogP contribution in [0.2, 0.25) is 0 Å². The summed E-state index contributed by atoms with van der Waals surface area (Å²) < 4.78 is 1.81. The standard InChI is InChI=1S/C16H13N3O/c20-12-14-10-16(15-8-4-5-9-17-15)19(18-14)11-13-6-2-1-3-7-13/h1-10,12H,11H2. The molecule has 2 heterocycles. The van der Waals surface area contributed by atoms with E-state index in [1.54, 1.807) is 16.9 Å². The minimum Gasteiger partial charge on any atom is -0.296 e. The molecule has 0 fully saturated rings. The molecule has 0 unspecified atom stereocenters. The first-order chi connectivity index (χ1) is 9.86. The maximum absolute atomic E-state index is 11.0. The lowest BCUT2D eigenvalue weighted by molar-refractivity contribution is 0.111. The van der Waals surface area contributed by atoms with Gasteiger partial charge in [0.2, 0.25) is 0 Å². The third-order valence-electron chi connectivity index (χ3n) is 3.02. The van der Waals surface area contributed by atoms with E-state index < -0.39 is 0 Å². The van der Waals surface area contributed by atoms with Crippen LogP contribution in [0.5, 0.6) is 0 Å². The molecular formula is C16H13N3O. The predicted octanol–water partition coefficient (Wildman–Crippen LogP) is 2.81. The van der Waals surface area contributed by atoms with Gasteiger partial charge in [-0.25, -0.2) is 0 Å². The van der Waals surface area contributed by atoms with Crippen LogP contribution < -0.4 is 0 Å². The molecule has 98 valence electrons. The summed E-state index contributed by atoms with van der Waals surface area (Å²) >= 11 is 0. The Hall–Kier alpha value is -2.75. The van der Waals surface area contributed by atoms with Gasteiger partial charge in [-0.3, -0.25) is 14.5 Å². The zero-order valence-corrected chi connectivity index (χ0v) is 10.8. The van der Waals surface area contributed by atoms with Crippen molar-refractivity contribution in [3.63, 3.8) is 0 Å². The van der Waals surface area contributed by atoms with Gasteiger partial charge in [0.25, 0.3) is 0 Å². The van der Waals surface area contributed by atoms with Gasteiger partial charge in [-0.2, -0.15) is 5.10 Å². The van der Waals surface area contributed by atoms with Crippen LogP contribution in [0, 0.1) is 0 Å². The summed E-state index contributed by atoms with van der Waals surface area (Å²) in [4.78, 5) is 15.3.